The van der Waals surface area contributed by atoms with Crippen LogP contribution in [0.5, 0.6) is 0 Å². The summed E-state index contributed by atoms with van der Waals surface area (Å²) in [6, 6.07) is 5.67. The number of carbonyl (C=O) groups excluding carboxylic acids is 1. The van der Waals surface area contributed by atoms with Crippen molar-refractivity contribution in [1.82, 2.24) is 14.9 Å². The van der Waals surface area contributed by atoms with Gasteiger partial charge in [0.1, 0.15) is 0 Å². The van der Waals surface area contributed by atoms with E-state index in [1.165, 1.54) is 17.2 Å². The summed E-state index contributed by atoms with van der Waals surface area (Å²) in [6.45, 7) is 2.26. The first-order valence-corrected chi connectivity index (χ1v) is 8.31. The van der Waals surface area contributed by atoms with Crippen molar-refractivity contribution in [3.8, 4) is 0 Å². The molecule has 1 saturated heterocycles. The molecule has 1 aliphatic rings. The summed E-state index contributed by atoms with van der Waals surface area (Å²) >= 11 is 1.71. The summed E-state index contributed by atoms with van der Waals surface area (Å²) in [5.74, 6) is 0.410. The van der Waals surface area contributed by atoms with E-state index in [1.807, 2.05) is 18.2 Å². The third-order valence-corrected chi connectivity index (χ3v) is 5.46. The summed E-state index contributed by atoms with van der Waals surface area (Å²) in [6.07, 6.45) is 2.32. The fraction of sp³-hybridized carbons (Fsp3) is 0.500. The van der Waals surface area contributed by atoms with Gasteiger partial charge in [-0.3, -0.25) is 9.63 Å². The number of rotatable bonds is 3. The average molecular weight is 319 g/mol. The van der Waals surface area contributed by atoms with Gasteiger partial charge in [0.2, 0.25) is 0 Å². The molecule has 2 aromatic rings. The molecular weight excluding hydrogens is 298 g/mol. The van der Waals surface area contributed by atoms with E-state index in [1.54, 1.807) is 18.4 Å². The van der Waals surface area contributed by atoms with Gasteiger partial charge in [0.05, 0.1) is 22.3 Å². The van der Waals surface area contributed by atoms with Crippen molar-refractivity contribution >= 4 is 27.5 Å². The van der Waals surface area contributed by atoms with Gasteiger partial charge in [0.15, 0.2) is 0 Å². The van der Waals surface area contributed by atoms with E-state index in [-0.39, 0.29) is 5.91 Å². The first-order valence-electron chi connectivity index (χ1n) is 7.49. The lowest BCUT2D eigenvalue weighted by molar-refractivity contribution is -0.0756. The first-order chi connectivity index (χ1) is 10.6. The number of amides is 1. The molecule has 0 aliphatic carbocycles. The van der Waals surface area contributed by atoms with Crippen LogP contribution in [0.25, 0.3) is 10.2 Å². The molecule has 0 spiro atoms. The summed E-state index contributed by atoms with van der Waals surface area (Å²) in [4.78, 5) is 24.2. The minimum absolute atomic E-state index is 0.140. The SMILES string of the molecule is CON(C)C(=O)c1ccc2nc(C3CCN(C)CC3)sc2c1. The second-order valence-electron chi connectivity index (χ2n) is 5.80. The molecule has 22 heavy (non-hydrogen) atoms. The van der Waals surface area contributed by atoms with Crippen LogP contribution in [0.2, 0.25) is 0 Å². The van der Waals surface area contributed by atoms with Crippen LogP contribution < -0.4 is 0 Å². The number of fused-ring (bicyclic) bond motifs is 1. The third-order valence-electron chi connectivity index (χ3n) is 4.28. The Balaban J connectivity index is 1.85. The lowest BCUT2D eigenvalue weighted by Crippen LogP contribution is -2.29. The van der Waals surface area contributed by atoms with E-state index < -0.39 is 0 Å². The fourth-order valence-electron chi connectivity index (χ4n) is 2.77. The molecule has 1 aromatic carbocycles. The maximum Gasteiger partial charge on any atom is 0.277 e. The van der Waals surface area contributed by atoms with E-state index in [0.717, 1.165) is 36.1 Å². The van der Waals surface area contributed by atoms with Gasteiger partial charge in [-0.1, -0.05) is 0 Å². The normalized spacial score (nSPS) is 17.0. The molecule has 118 valence electrons. The summed E-state index contributed by atoms with van der Waals surface area (Å²) in [7, 11) is 5.27. The van der Waals surface area contributed by atoms with Crippen LogP contribution in [0, 0.1) is 0 Å². The molecule has 5 nitrogen and oxygen atoms in total. The van der Waals surface area contributed by atoms with Crippen molar-refractivity contribution in [1.29, 1.82) is 0 Å². The molecule has 0 radical (unpaired) electrons. The van der Waals surface area contributed by atoms with E-state index in [4.69, 9.17) is 9.82 Å². The van der Waals surface area contributed by atoms with Gasteiger partial charge in [-0.2, -0.15) is 0 Å². The third kappa shape index (κ3) is 2.99. The van der Waals surface area contributed by atoms with Gasteiger partial charge in [-0.05, 0) is 51.2 Å². The predicted molar refractivity (Wildman–Crippen MR) is 88.2 cm³/mol. The van der Waals surface area contributed by atoms with Crippen molar-refractivity contribution in [2.24, 2.45) is 0 Å². The first kappa shape index (κ1) is 15.4. The molecule has 1 aromatic heterocycles. The highest BCUT2D eigenvalue weighted by Crippen LogP contribution is 2.34. The number of hydrogen-bond donors (Lipinski definition) is 0. The number of hydroxylamine groups is 2. The van der Waals surface area contributed by atoms with Gasteiger partial charge in [0.25, 0.3) is 5.91 Å². The molecule has 0 N–H and O–H groups in total. The second kappa shape index (κ2) is 6.32. The zero-order valence-electron chi connectivity index (χ0n) is 13.2. The standard InChI is InChI=1S/C16H21N3O2S/c1-18-8-6-11(7-9-18)15-17-13-5-4-12(10-14(13)22-15)16(20)19(2)21-3/h4-5,10-11H,6-9H2,1-3H3. The maximum absolute atomic E-state index is 12.1. The molecule has 2 heterocycles. The lowest BCUT2D eigenvalue weighted by atomic mass is 9.98. The minimum atomic E-state index is -0.140. The number of benzene rings is 1. The molecule has 0 saturated carbocycles. The number of aromatic nitrogens is 1. The Morgan fingerprint density at radius 3 is 2.82 bits per heavy atom. The smallest absolute Gasteiger partial charge is 0.277 e. The molecule has 1 fully saturated rings. The summed E-state index contributed by atoms with van der Waals surface area (Å²) in [5.41, 5.74) is 1.62. The van der Waals surface area contributed by atoms with Crippen LogP contribution in [0.4, 0.5) is 0 Å². The highest BCUT2D eigenvalue weighted by molar-refractivity contribution is 7.18. The zero-order valence-corrected chi connectivity index (χ0v) is 14.0. The fourth-order valence-corrected chi connectivity index (χ4v) is 3.95. The van der Waals surface area contributed by atoms with E-state index in [0.29, 0.717) is 11.5 Å². The average Bonchev–Trinajstić information content (AvgIpc) is 2.97. The number of piperidine rings is 1. The van der Waals surface area contributed by atoms with Gasteiger partial charge < -0.3 is 4.90 Å². The van der Waals surface area contributed by atoms with Crippen LogP contribution in [-0.2, 0) is 4.84 Å². The Hall–Kier alpha value is -1.50. The van der Waals surface area contributed by atoms with Crippen LogP contribution in [0.3, 0.4) is 0 Å². The topological polar surface area (TPSA) is 45.7 Å². The van der Waals surface area contributed by atoms with Crippen molar-refractivity contribution < 1.29 is 9.63 Å². The van der Waals surface area contributed by atoms with Gasteiger partial charge in [-0.25, -0.2) is 10.0 Å². The molecule has 1 amide bonds. The second-order valence-corrected chi connectivity index (χ2v) is 6.86. The summed E-state index contributed by atoms with van der Waals surface area (Å²) in [5, 5.41) is 2.44. The summed E-state index contributed by atoms with van der Waals surface area (Å²) < 4.78 is 1.07. The van der Waals surface area contributed by atoms with Crippen LogP contribution in [-0.4, -0.2) is 55.1 Å². The highest BCUT2D eigenvalue weighted by Gasteiger charge is 2.22. The number of nitrogens with zero attached hydrogens (tertiary/aromatic N) is 3. The Labute approximate surface area is 134 Å². The number of hydrogen-bond acceptors (Lipinski definition) is 5. The van der Waals surface area contributed by atoms with Gasteiger partial charge >= 0.3 is 0 Å². The molecule has 1 aliphatic heterocycles. The Morgan fingerprint density at radius 2 is 2.14 bits per heavy atom. The maximum atomic E-state index is 12.1. The Morgan fingerprint density at radius 1 is 1.41 bits per heavy atom. The van der Waals surface area contributed by atoms with Crippen molar-refractivity contribution in [2.45, 2.75) is 18.8 Å². The van der Waals surface area contributed by atoms with Crippen molar-refractivity contribution in [2.75, 3.05) is 34.3 Å². The minimum Gasteiger partial charge on any atom is -0.306 e. The van der Waals surface area contributed by atoms with E-state index in [9.17, 15) is 4.79 Å². The van der Waals surface area contributed by atoms with Crippen LogP contribution in [0.1, 0.15) is 34.1 Å². The Bertz CT molecular complexity index is 677. The van der Waals surface area contributed by atoms with Gasteiger partial charge in [0, 0.05) is 18.5 Å². The monoisotopic (exact) mass is 319 g/mol. The molecule has 3 rings (SSSR count). The van der Waals surface area contributed by atoms with E-state index in [2.05, 4.69) is 11.9 Å². The largest absolute Gasteiger partial charge is 0.306 e. The Kier molecular flexibility index (Phi) is 4.42. The lowest BCUT2D eigenvalue weighted by Gasteiger charge is -2.27. The molecule has 0 unspecified atom stereocenters. The zero-order chi connectivity index (χ0) is 15.7. The number of carbonyl (C=O) groups is 1. The molecule has 0 bridgehead atoms. The van der Waals surface area contributed by atoms with Crippen LogP contribution in [0.15, 0.2) is 18.2 Å². The van der Waals surface area contributed by atoms with Crippen molar-refractivity contribution in [3.63, 3.8) is 0 Å². The molecule has 0 atom stereocenters. The predicted octanol–water partition coefficient (Wildman–Crippen LogP) is 2.74. The van der Waals surface area contributed by atoms with E-state index >= 15 is 0 Å². The molecule has 6 heteroatoms. The molecular formula is C16H21N3O2S. The highest BCUT2D eigenvalue weighted by atomic mass is 32.1. The van der Waals surface area contributed by atoms with Crippen molar-refractivity contribution in [3.05, 3.63) is 28.8 Å². The number of thiazole rings is 1. The van der Waals surface area contributed by atoms with Gasteiger partial charge in [-0.15, -0.1) is 11.3 Å². The number of likely N-dealkylation sites (tertiary alicyclic amines) is 1. The van der Waals surface area contributed by atoms with Crippen LogP contribution >= 0.6 is 11.3 Å². The quantitative estimate of drug-likeness (QED) is 0.816.